The molecule has 244 valence electrons. The van der Waals surface area contributed by atoms with E-state index in [1.807, 2.05) is 24.3 Å². The second-order valence-corrected chi connectivity index (χ2v) is 25.2. The number of hydrogen-bond acceptors (Lipinski definition) is 5. The molecule has 5 atom stereocenters. The smallest absolute Gasteiger partial charge is 0.201 e. The first-order valence-corrected chi connectivity index (χ1v) is 21.2. The van der Waals surface area contributed by atoms with E-state index in [9.17, 15) is 5.11 Å². The predicted octanol–water partition coefficient (Wildman–Crippen LogP) is 9.76. The Morgan fingerprint density at radius 2 is 1.36 bits per heavy atom. The molecule has 1 N–H and O–H groups in total. The van der Waals surface area contributed by atoms with Gasteiger partial charge in [0.2, 0.25) is 8.32 Å². The van der Waals surface area contributed by atoms with Crippen LogP contribution >= 0.6 is 0 Å². The Morgan fingerprint density at radius 1 is 0.857 bits per heavy atom. The summed E-state index contributed by atoms with van der Waals surface area (Å²) in [4.78, 5) is 0. The minimum absolute atomic E-state index is 0.0157. The van der Waals surface area contributed by atoms with Crippen molar-refractivity contribution in [3.8, 4) is 5.75 Å². The number of methoxy groups -OCH3 is 1. The molecular weight excluding hydrogens is 557 g/mol. The van der Waals surface area contributed by atoms with E-state index in [-0.39, 0.29) is 41.8 Å². The molecule has 0 saturated heterocycles. The van der Waals surface area contributed by atoms with Gasteiger partial charge in [-0.25, -0.2) is 0 Å². The zero-order chi connectivity index (χ0) is 32.6. The van der Waals surface area contributed by atoms with E-state index in [1.54, 1.807) is 7.11 Å². The summed E-state index contributed by atoms with van der Waals surface area (Å²) in [5, 5.41) is 10.2. The predicted molar refractivity (Wildman–Crippen MR) is 184 cm³/mol. The van der Waals surface area contributed by atoms with Crippen LogP contribution in [0.1, 0.15) is 95.6 Å². The van der Waals surface area contributed by atoms with Gasteiger partial charge in [0.25, 0.3) is 0 Å². The van der Waals surface area contributed by atoms with Crippen molar-refractivity contribution in [3.05, 3.63) is 41.5 Å². The SMILES string of the molecule is COc1ccc(CO[C@H]([C@H](C)/C=C(\C)[C@H](O[Si](C(C)C)(C(C)C)C(C)C)[C@H](C)O[Si](C)(C)C(C)(C)C)[C@H](C)CO)cc1. The molecule has 1 aromatic carbocycles. The molecule has 0 radical (unpaired) electrons. The van der Waals surface area contributed by atoms with Crippen LogP contribution in [0.4, 0.5) is 0 Å². The molecule has 5 nitrogen and oxygen atoms in total. The van der Waals surface area contributed by atoms with Crippen molar-refractivity contribution >= 4 is 16.6 Å². The lowest BCUT2D eigenvalue weighted by molar-refractivity contribution is -0.0314. The molecule has 0 saturated carbocycles. The van der Waals surface area contributed by atoms with Crippen LogP contribution in [0.2, 0.25) is 34.8 Å². The Bertz CT molecular complexity index is 927. The molecule has 0 aliphatic rings. The summed E-state index contributed by atoms with van der Waals surface area (Å²) in [5.41, 5.74) is 3.69. The lowest BCUT2D eigenvalue weighted by atomic mass is 9.90. The molecule has 0 unspecified atom stereocenters. The van der Waals surface area contributed by atoms with Crippen molar-refractivity contribution in [3.63, 3.8) is 0 Å². The van der Waals surface area contributed by atoms with Gasteiger partial charge in [0.1, 0.15) is 5.75 Å². The number of rotatable bonds is 17. The summed E-state index contributed by atoms with van der Waals surface area (Å²) >= 11 is 0. The van der Waals surface area contributed by atoms with Gasteiger partial charge in [0.05, 0.1) is 32.0 Å². The van der Waals surface area contributed by atoms with Crippen molar-refractivity contribution in [1.29, 1.82) is 0 Å². The molecule has 0 fully saturated rings. The van der Waals surface area contributed by atoms with Crippen LogP contribution in [0.25, 0.3) is 0 Å². The van der Waals surface area contributed by atoms with Crippen LogP contribution in [0.5, 0.6) is 5.75 Å². The molecule has 0 amide bonds. The summed E-state index contributed by atoms with van der Waals surface area (Å²) in [6, 6.07) is 7.97. The van der Waals surface area contributed by atoms with Gasteiger partial charge in [0, 0.05) is 18.4 Å². The van der Waals surface area contributed by atoms with Crippen LogP contribution in [-0.2, 0) is 20.2 Å². The molecule has 7 heteroatoms. The number of hydrogen-bond donors (Lipinski definition) is 1. The van der Waals surface area contributed by atoms with Gasteiger partial charge >= 0.3 is 0 Å². The third-order valence-corrected chi connectivity index (χ3v) is 20.3. The maximum Gasteiger partial charge on any atom is 0.201 e. The quantitative estimate of drug-likeness (QED) is 0.138. The van der Waals surface area contributed by atoms with Gasteiger partial charge in [0.15, 0.2) is 8.32 Å². The minimum atomic E-state index is -2.20. The zero-order valence-corrected chi connectivity index (χ0v) is 32.0. The fourth-order valence-corrected chi connectivity index (χ4v) is 13.4. The van der Waals surface area contributed by atoms with E-state index >= 15 is 0 Å². The van der Waals surface area contributed by atoms with Crippen molar-refractivity contribution in [2.45, 2.75) is 150 Å². The van der Waals surface area contributed by atoms with E-state index in [1.165, 1.54) is 5.57 Å². The van der Waals surface area contributed by atoms with Crippen molar-refractivity contribution in [2.75, 3.05) is 13.7 Å². The monoisotopic (exact) mass is 622 g/mol. The van der Waals surface area contributed by atoms with Crippen LogP contribution in [0, 0.1) is 11.8 Å². The third-order valence-electron chi connectivity index (χ3n) is 9.69. The molecule has 42 heavy (non-hydrogen) atoms. The number of aliphatic hydroxyl groups is 1. The zero-order valence-electron chi connectivity index (χ0n) is 30.0. The van der Waals surface area contributed by atoms with E-state index < -0.39 is 16.6 Å². The summed E-state index contributed by atoms with van der Waals surface area (Å²) in [6.07, 6.45) is 1.95. The van der Waals surface area contributed by atoms with Gasteiger partial charge in [-0.05, 0) is 71.9 Å². The normalized spacial score (nSPS) is 17.5. The van der Waals surface area contributed by atoms with Crippen LogP contribution in [0.15, 0.2) is 35.9 Å². The fraction of sp³-hybridized carbons (Fsp3) is 0.771. The summed E-state index contributed by atoms with van der Waals surface area (Å²) in [5.74, 6) is 0.887. The molecule has 0 heterocycles. The lowest BCUT2D eigenvalue weighted by Gasteiger charge is -2.48. The largest absolute Gasteiger partial charge is 0.497 e. The lowest BCUT2D eigenvalue weighted by Crippen LogP contribution is -2.54. The molecule has 1 rings (SSSR count). The fourth-order valence-electron chi connectivity index (χ4n) is 6.35. The maximum absolute atomic E-state index is 10.1. The van der Waals surface area contributed by atoms with Gasteiger partial charge in [-0.15, -0.1) is 0 Å². The highest BCUT2D eigenvalue weighted by atomic mass is 28.4. The highest BCUT2D eigenvalue weighted by Crippen LogP contribution is 2.45. The molecule has 1 aromatic rings. The molecule has 0 spiro atoms. The van der Waals surface area contributed by atoms with Gasteiger partial charge in [-0.2, -0.15) is 0 Å². The highest BCUT2D eigenvalue weighted by molar-refractivity contribution is 6.77. The van der Waals surface area contributed by atoms with Crippen molar-refractivity contribution in [1.82, 2.24) is 0 Å². The van der Waals surface area contributed by atoms with Crippen LogP contribution in [-0.4, -0.2) is 53.8 Å². The summed E-state index contributed by atoms with van der Waals surface area (Å²) in [7, 11) is -2.56. The summed E-state index contributed by atoms with van der Waals surface area (Å²) < 4.78 is 26.3. The Morgan fingerprint density at radius 3 is 1.76 bits per heavy atom. The Balaban J connectivity index is 3.49. The van der Waals surface area contributed by atoms with E-state index in [0.29, 0.717) is 23.2 Å². The Hall–Kier alpha value is -0.966. The van der Waals surface area contributed by atoms with E-state index in [4.69, 9.17) is 18.3 Å². The third kappa shape index (κ3) is 10.0. The average Bonchev–Trinajstić information content (AvgIpc) is 2.87. The van der Waals surface area contributed by atoms with Crippen LogP contribution in [0.3, 0.4) is 0 Å². The topological polar surface area (TPSA) is 57.2 Å². The molecule has 0 aromatic heterocycles. The van der Waals surface area contributed by atoms with Gasteiger partial charge in [-0.3, -0.25) is 0 Å². The second kappa shape index (κ2) is 16.4. The number of benzene rings is 1. The first kappa shape index (κ1) is 39.1. The van der Waals surface area contributed by atoms with Gasteiger partial charge in [-0.1, -0.05) is 94.4 Å². The minimum Gasteiger partial charge on any atom is -0.497 e. The number of aliphatic hydroxyl groups excluding tert-OH is 1. The molecule has 0 aliphatic carbocycles. The molecular formula is C35H66O5Si2. The van der Waals surface area contributed by atoms with Crippen LogP contribution < -0.4 is 4.74 Å². The average molecular weight is 623 g/mol. The highest BCUT2D eigenvalue weighted by Gasteiger charge is 2.49. The van der Waals surface area contributed by atoms with Gasteiger partial charge < -0.3 is 23.4 Å². The molecule has 0 bridgehead atoms. The van der Waals surface area contributed by atoms with E-state index in [2.05, 4.69) is 109 Å². The molecule has 0 aliphatic heterocycles. The maximum atomic E-state index is 10.1. The second-order valence-electron chi connectivity index (χ2n) is 15.0. The first-order chi connectivity index (χ1) is 19.2. The Kier molecular flexibility index (Phi) is 15.2. The Labute approximate surface area is 262 Å². The van der Waals surface area contributed by atoms with Crippen molar-refractivity contribution < 1.29 is 23.4 Å². The summed E-state index contributed by atoms with van der Waals surface area (Å²) in [6.45, 7) is 34.8. The van der Waals surface area contributed by atoms with E-state index in [0.717, 1.165) is 11.3 Å². The first-order valence-electron chi connectivity index (χ1n) is 16.1. The van der Waals surface area contributed by atoms with Crippen molar-refractivity contribution in [2.24, 2.45) is 11.8 Å². The number of ether oxygens (including phenoxy) is 2. The standard InChI is InChI=1S/C35H66O5Si2/c1-24(2)42(25(3)4,26(5)6)40-34(30(10)39-41(15,16)35(11,12)13)28(8)21-27(7)33(29(9)22-36)38-23-31-17-19-32(37-14)20-18-31/h17-21,24-27,29-30,33-34,36H,22-23H2,1-16H3/b28-21+/t27-,29-,30+,33-,34+/m1/s1.